The maximum atomic E-state index is 11.5. The first-order valence-electron chi connectivity index (χ1n) is 4.47. The molecule has 2 heterocycles. The number of hydrogen-bond donors (Lipinski definition) is 2. The predicted molar refractivity (Wildman–Crippen MR) is 54.0 cm³/mol. The Kier molecular flexibility index (Phi) is 2.09. The lowest BCUT2D eigenvalue weighted by Crippen LogP contribution is -2.28. The second kappa shape index (κ2) is 3.26. The van der Waals surface area contributed by atoms with E-state index in [4.69, 9.17) is 5.73 Å². The smallest absolute Gasteiger partial charge is 0.326 e. The molecule has 5 heteroatoms. The van der Waals surface area contributed by atoms with Gasteiger partial charge in [0.2, 0.25) is 0 Å². The van der Waals surface area contributed by atoms with Gasteiger partial charge in [0.1, 0.15) is 0 Å². The molecule has 0 saturated heterocycles. The molecule has 0 aliphatic rings. The lowest BCUT2D eigenvalue weighted by molar-refractivity contribution is 0.588. The summed E-state index contributed by atoms with van der Waals surface area (Å²) in [5.74, 6) is 0. The summed E-state index contributed by atoms with van der Waals surface area (Å²) in [5.41, 5.74) is 6.90. The Morgan fingerprint density at radius 3 is 3.21 bits per heavy atom. The zero-order chi connectivity index (χ0) is 10.1. The average molecular weight is 192 g/mol. The summed E-state index contributed by atoms with van der Waals surface area (Å²) in [5, 5.41) is 0. The second-order valence-corrected chi connectivity index (χ2v) is 3.39. The number of fused-ring (bicyclic) bond motifs is 1. The van der Waals surface area contributed by atoms with Crippen LogP contribution in [0.5, 0.6) is 0 Å². The number of hydrogen-bond acceptors (Lipinski definition) is 3. The topological polar surface area (TPSA) is 76.7 Å². The average Bonchev–Trinajstić information content (AvgIpc) is 2.43. The first-order valence-corrected chi connectivity index (χ1v) is 4.47. The molecule has 0 aliphatic heterocycles. The molecule has 74 valence electrons. The van der Waals surface area contributed by atoms with Gasteiger partial charge in [0.15, 0.2) is 5.65 Å². The van der Waals surface area contributed by atoms with E-state index >= 15 is 0 Å². The van der Waals surface area contributed by atoms with Gasteiger partial charge in [-0.25, -0.2) is 9.78 Å². The Labute approximate surface area is 80.6 Å². The lowest BCUT2D eigenvalue weighted by Gasteiger charge is -2.05. The van der Waals surface area contributed by atoms with Gasteiger partial charge >= 0.3 is 5.69 Å². The third-order valence-electron chi connectivity index (χ3n) is 2.02. The van der Waals surface area contributed by atoms with Gasteiger partial charge in [-0.05, 0) is 19.1 Å². The zero-order valence-electron chi connectivity index (χ0n) is 7.90. The molecular formula is C9H12N4O. The Hall–Kier alpha value is -1.62. The maximum Gasteiger partial charge on any atom is 0.327 e. The van der Waals surface area contributed by atoms with Crippen LogP contribution in [0.3, 0.4) is 0 Å². The van der Waals surface area contributed by atoms with E-state index in [1.165, 1.54) is 0 Å². The number of H-pyrrole nitrogens is 1. The molecule has 0 saturated carbocycles. The molecule has 5 nitrogen and oxygen atoms in total. The number of rotatable bonds is 2. The number of nitrogens with two attached hydrogens (primary N) is 1. The summed E-state index contributed by atoms with van der Waals surface area (Å²) in [6.07, 6.45) is 1.65. The fraction of sp³-hybridized carbons (Fsp3) is 0.333. The van der Waals surface area contributed by atoms with Crippen LogP contribution >= 0.6 is 0 Å². The number of imidazole rings is 1. The quantitative estimate of drug-likeness (QED) is 0.707. The van der Waals surface area contributed by atoms with Gasteiger partial charge in [-0.3, -0.25) is 9.55 Å². The van der Waals surface area contributed by atoms with Crippen LogP contribution < -0.4 is 11.4 Å². The highest BCUT2D eigenvalue weighted by molar-refractivity contribution is 5.70. The molecule has 1 unspecified atom stereocenters. The normalized spacial score (nSPS) is 13.3. The maximum absolute atomic E-state index is 11.5. The van der Waals surface area contributed by atoms with Gasteiger partial charge in [0, 0.05) is 18.8 Å². The fourth-order valence-electron chi connectivity index (χ4n) is 1.46. The van der Waals surface area contributed by atoms with Crippen LogP contribution in [0.1, 0.15) is 6.92 Å². The van der Waals surface area contributed by atoms with Crippen molar-refractivity contribution in [2.45, 2.75) is 19.5 Å². The van der Waals surface area contributed by atoms with E-state index in [1.807, 2.05) is 13.0 Å². The summed E-state index contributed by atoms with van der Waals surface area (Å²) in [4.78, 5) is 18.2. The second-order valence-electron chi connectivity index (χ2n) is 3.39. The molecular weight excluding hydrogens is 180 g/mol. The van der Waals surface area contributed by atoms with Crippen molar-refractivity contribution in [1.82, 2.24) is 14.5 Å². The Balaban J connectivity index is 2.62. The predicted octanol–water partition coefficient (Wildman–Crippen LogP) is 0.0718. The Bertz CT molecular complexity index is 497. The molecule has 14 heavy (non-hydrogen) atoms. The van der Waals surface area contributed by atoms with E-state index < -0.39 is 0 Å². The summed E-state index contributed by atoms with van der Waals surface area (Å²) in [6, 6.07) is 3.60. The van der Waals surface area contributed by atoms with Crippen LogP contribution in [0.25, 0.3) is 11.2 Å². The van der Waals surface area contributed by atoms with E-state index in [1.54, 1.807) is 16.8 Å². The van der Waals surface area contributed by atoms with E-state index in [2.05, 4.69) is 9.97 Å². The molecule has 0 spiro atoms. The number of aromatic amines is 1. The van der Waals surface area contributed by atoms with Crippen LogP contribution in [0.4, 0.5) is 0 Å². The van der Waals surface area contributed by atoms with Gasteiger partial charge in [0.05, 0.1) is 5.52 Å². The minimum absolute atomic E-state index is 0.0492. The first-order chi connectivity index (χ1) is 6.68. The highest BCUT2D eigenvalue weighted by Crippen LogP contribution is 2.05. The van der Waals surface area contributed by atoms with Crippen molar-refractivity contribution in [3.8, 4) is 0 Å². The highest BCUT2D eigenvalue weighted by Gasteiger charge is 2.07. The molecule has 0 aromatic carbocycles. The number of nitrogens with zero attached hydrogens (tertiary/aromatic N) is 2. The summed E-state index contributed by atoms with van der Waals surface area (Å²) in [6.45, 7) is 2.37. The summed E-state index contributed by atoms with van der Waals surface area (Å²) < 4.78 is 1.60. The van der Waals surface area contributed by atoms with Crippen LogP contribution in [0.2, 0.25) is 0 Å². The molecule has 2 aromatic heterocycles. The first kappa shape index (κ1) is 8.96. The summed E-state index contributed by atoms with van der Waals surface area (Å²) >= 11 is 0. The Morgan fingerprint density at radius 1 is 1.71 bits per heavy atom. The van der Waals surface area contributed by atoms with E-state index in [9.17, 15) is 4.79 Å². The van der Waals surface area contributed by atoms with Gasteiger partial charge < -0.3 is 5.73 Å². The number of nitrogens with one attached hydrogen (secondary N) is 1. The van der Waals surface area contributed by atoms with E-state index in [-0.39, 0.29) is 11.7 Å². The molecule has 2 aromatic rings. The SMILES string of the molecule is CC(N)Cn1c(=O)[nH]c2ncccc21. The van der Waals surface area contributed by atoms with Crippen LogP contribution in [-0.4, -0.2) is 20.6 Å². The van der Waals surface area contributed by atoms with E-state index in [0.717, 1.165) is 5.52 Å². The monoisotopic (exact) mass is 192 g/mol. The summed E-state index contributed by atoms with van der Waals surface area (Å²) in [7, 11) is 0. The van der Waals surface area contributed by atoms with Gasteiger partial charge in [-0.15, -0.1) is 0 Å². The molecule has 0 amide bonds. The van der Waals surface area contributed by atoms with Crippen molar-refractivity contribution in [2.24, 2.45) is 5.73 Å². The lowest BCUT2D eigenvalue weighted by atomic mass is 10.3. The molecule has 0 bridgehead atoms. The zero-order valence-corrected chi connectivity index (χ0v) is 7.90. The van der Waals surface area contributed by atoms with Crippen LogP contribution in [0, 0.1) is 0 Å². The largest absolute Gasteiger partial charge is 0.327 e. The van der Waals surface area contributed by atoms with Gasteiger partial charge in [0.25, 0.3) is 0 Å². The highest BCUT2D eigenvalue weighted by atomic mass is 16.1. The van der Waals surface area contributed by atoms with Crippen molar-refractivity contribution in [3.05, 3.63) is 28.8 Å². The standard InChI is InChI=1S/C9H12N4O/c1-6(10)5-13-7-3-2-4-11-8(7)12-9(13)14/h2-4,6H,5,10H2,1H3,(H,11,12,14). The third kappa shape index (κ3) is 1.42. The molecule has 2 rings (SSSR count). The molecule has 0 aliphatic carbocycles. The van der Waals surface area contributed by atoms with Crippen molar-refractivity contribution < 1.29 is 0 Å². The third-order valence-corrected chi connectivity index (χ3v) is 2.02. The minimum atomic E-state index is -0.156. The van der Waals surface area contributed by atoms with Gasteiger partial charge in [-0.2, -0.15) is 0 Å². The van der Waals surface area contributed by atoms with Crippen molar-refractivity contribution in [3.63, 3.8) is 0 Å². The van der Waals surface area contributed by atoms with Crippen molar-refractivity contribution in [2.75, 3.05) is 0 Å². The molecule has 0 fully saturated rings. The molecule has 3 N–H and O–H groups in total. The minimum Gasteiger partial charge on any atom is -0.326 e. The van der Waals surface area contributed by atoms with Gasteiger partial charge in [-0.1, -0.05) is 0 Å². The van der Waals surface area contributed by atoms with Crippen LogP contribution in [-0.2, 0) is 6.54 Å². The fourth-order valence-corrected chi connectivity index (χ4v) is 1.46. The number of aromatic nitrogens is 3. The number of pyridine rings is 1. The van der Waals surface area contributed by atoms with Crippen LogP contribution in [0.15, 0.2) is 23.1 Å². The molecule has 1 atom stereocenters. The van der Waals surface area contributed by atoms with Crippen molar-refractivity contribution >= 4 is 11.2 Å². The van der Waals surface area contributed by atoms with Crippen molar-refractivity contribution in [1.29, 1.82) is 0 Å². The Morgan fingerprint density at radius 2 is 2.50 bits per heavy atom. The molecule has 0 radical (unpaired) electrons. The van der Waals surface area contributed by atoms with E-state index in [0.29, 0.717) is 12.2 Å².